The maximum atomic E-state index is 5.88. The molecule has 114 valence electrons. The molecule has 0 fully saturated rings. The molecule has 0 atom stereocenters. The monoisotopic (exact) mass is 301 g/mol. The first-order valence-corrected chi connectivity index (χ1v) is 7.88. The quantitative estimate of drug-likeness (QED) is 0.473. The van der Waals surface area contributed by atoms with Gasteiger partial charge in [-0.25, -0.2) is 0 Å². The molecule has 3 aromatic carbocycles. The molecule has 0 saturated heterocycles. The van der Waals surface area contributed by atoms with Gasteiger partial charge in [-0.15, -0.1) is 0 Å². The Morgan fingerprint density at radius 1 is 0.696 bits per heavy atom. The van der Waals surface area contributed by atoms with E-state index in [0.29, 0.717) is 0 Å². The van der Waals surface area contributed by atoms with Crippen LogP contribution in [0.5, 0.6) is 0 Å². The average Bonchev–Trinajstić information content (AvgIpc) is 2.91. The lowest BCUT2D eigenvalue weighted by atomic mass is 10.0. The summed E-state index contributed by atoms with van der Waals surface area (Å²) in [7, 11) is 0. The molecule has 0 spiro atoms. The van der Waals surface area contributed by atoms with Crippen LogP contribution in [0.1, 0.15) is 16.7 Å². The van der Waals surface area contributed by atoms with E-state index in [4.69, 9.17) is 4.42 Å². The number of nitrogens with one attached hydrogen (secondary N) is 1. The minimum absolute atomic E-state index is 0.924. The summed E-state index contributed by atoms with van der Waals surface area (Å²) >= 11 is 0. The van der Waals surface area contributed by atoms with Gasteiger partial charge < -0.3 is 9.73 Å². The zero-order valence-electron chi connectivity index (χ0n) is 13.6. The van der Waals surface area contributed by atoms with Gasteiger partial charge in [-0.3, -0.25) is 0 Å². The van der Waals surface area contributed by atoms with Crippen LogP contribution < -0.4 is 5.32 Å². The number of para-hydroxylation sites is 1. The van der Waals surface area contributed by atoms with E-state index < -0.39 is 0 Å². The summed E-state index contributed by atoms with van der Waals surface area (Å²) in [5, 5.41) is 5.82. The highest BCUT2D eigenvalue weighted by molar-refractivity contribution is 6.06. The van der Waals surface area contributed by atoms with Crippen LogP contribution in [0.2, 0.25) is 0 Å². The van der Waals surface area contributed by atoms with E-state index in [2.05, 4.69) is 56.4 Å². The molecule has 4 aromatic rings. The fourth-order valence-corrected chi connectivity index (χ4v) is 3.08. The Morgan fingerprint density at radius 3 is 2.17 bits per heavy atom. The second-order valence-corrected chi connectivity index (χ2v) is 6.17. The number of benzene rings is 3. The van der Waals surface area contributed by atoms with Gasteiger partial charge in [0.25, 0.3) is 0 Å². The number of fused-ring (bicyclic) bond motifs is 3. The minimum Gasteiger partial charge on any atom is -0.456 e. The molecule has 23 heavy (non-hydrogen) atoms. The van der Waals surface area contributed by atoms with Crippen molar-refractivity contribution in [1.29, 1.82) is 0 Å². The van der Waals surface area contributed by atoms with Crippen LogP contribution >= 0.6 is 0 Å². The topological polar surface area (TPSA) is 25.2 Å². The smallest absolute Gasteiger partial charge is 0.135 e. The molecule has 4 rings (SSSR count). The van der Waals surface area contributed by atoms with Gasteiger partial charge in [-0.2, -0.15) is 0 Å². The summed E-state index contributed by atoms with van der Waals surface area (Å²) in [6.45, 7) is 6.47. The van der Waals surface area contributed by atoms with Crippen LogP contribution in [0.15, 0.2) is 59.0 Å². The molecule has 1 aromatic heterocycles. The maximum Gasteiger partial charge on any atom is 0.135 e. The third kappa shape index (κ3) is 2.36. The Hall–Kier alpha value is -2.74. The number of hydrogen-bond donors (Lipinski definition) is 1. The van der Waals surface area contributed by atoms with Gasteiger partial charge in [-0.05, 0) is 73.9 Å². The molecule has 1 N–H and O–H groups in total. The van der Waals surface area contributed by atoms with Gasteiger partial charge >= 0.3 is 0 Å². The molecule has 0 radical (unpaired) electrons. The van der Waals surface area contributed by atoms with E-state index in [9.17, 15) is 0 Å². The summed E-state index contributed by atoms with van der Waals surface area (Å²) in [5.41, 5.74) is 8.02. The van der Waals surface area contributed by atoms with Crippen LogP contribution in [-0.4, -0.2) is 0 Å². The number of hydrogen-bond acceptors (Lipinski definition) is 2. The molecule has 0 saturated carbocycles. The lowest BCUT2D eigenvalue weighted by molar-refractivity contribution is 0.669. The molecular weight excluding hydrogens is 282 g/mol. The lowest BCUT2D eigenvalue weighted by Gasteiger charge is -2.11. The van der Waals surface area contributed by atoms with Crippen molar-refractivity contribution in [2.75, 3.05) is 5.32 Å². The van der Waals surface area contributed by atoms with Crippen molar-refractivity contribution in [3.8, 4) is 0 Å². The molecule has 0 amide bonds. The molecule has 0 aliphatic heterocycles. The van der Waals surface area contributed by atoms with Crippen molar-refractivity contribution in [3.05, 3.63) is 71.3 Å². The highest BCUT2D eigenvalue weighted by Crippen LogP contribution is 2.31. The van der Waals surface area contributed by atoms with Crippen molar-refractivity contribution in [3.63, 3.8) is 0 Å². The SMILES string of the molecule is Cc1cc(Nc2ccc3oc4ccccc4c3c2)cc(C)c1C. The maximum absolute atomic E-state index is 5.88. The summed E-state index contributed by atoms with van der Waals surface area (Å²) in [6.07, 6.45) is 0. The normalized spacial score (nSPS) is 11.3. The average molecular weight is 301 g/mol. The van der Waals surface area contributed by atoms with Gasteiger partial charge in [-0.1, -0.05) is 18.2 Å². The summed E-state index contributed by atoms with van der Waals surface area (Å²) in [6, 6.07) is 18.8. The van der Waals surface area contributed by atoms with Gasteiger partial charge in [0, 0.05) is 22.1 Å². The molecule has 0 aliphatic carbocycles. The van der Waals surface area contributed by atoms with Crippen LogP contribution in [0.25, 0.3) is 21.9 Å². The lowest BCUT2D eigenvalue weighted by Crippen LogP contribution is -1.94. The van der Waals surface area contributed by atoms with Crippen LogP contribution in [0.3, 0.4) is 0 Å². The van der Waals surface area contributed by atoms with Crippen LogP contribution in [0, 0.1) is 20.8 Å². The van der Waals surface area contributed by atoms with Crippen LogP contribution in [0.4, 0.5) is 11.4 Å². The van der Waals surface area contributed by atoms with Gasteiger partial charge in [0.1, 0.15) is 11.2 Å². The second kappa shape index (κ2) is 5.17. The van der Waals surface area contributed by atoms with Crippen molar-refractivity contribution >= 4 is 33.3 Å². The van der Waals surface area contributed by atoms with Gasteiger partial charge in [0.15, 0.2) is 0 Å². The van der Waals surface area contributed by atoms with Crippen molar-refractivity contribution in [2.24, 2.45) is 0 Å². The van der Waals surface area contributed by atoms with E-state index in [1.807, 2.05) is 24.3 Å². The Kier molecular flexibility index (Phi) is 3.12. The first-order chi connectivity index (χ1) is 11.1. The number of furan rings is 1. The fraction of sp³-hybridized carbons (Fsp3) is 0.143. The largest absolute Gasteiger partial charge is 0.456 e. The number of rotatable bonds is 2. The number of anilines is 2. The summed E-state index contributed by atoms with van der Waals surface area (Å²) < 4.78 is 5.88. The van der Waals surface area contributed by atoms with Gasteiger partial charge in [0.2, 0.25) is 0 Å². The third-order valence-electron chi connectivity index (χ3n) is 4.59. The minimum atomic E-state index is 0.924. The predicted molar refractivity (Wildman–Crippen MR) is 97.7 cm³/mol. The Balaban J connectivity index is 1.79. The molecule has 0 aliphatic rings. The summed E-state index contributed by atoms with van der Waals surface area (Å²) in [4.78, 5) is 0. The van der Waals surface area contributed by atoms with Crippen molar-refractivity contribution in [1.82, 2.24) is 0 Å². The molecule has 0 unspecified atom stereocenters. The molecule has 0 bridgehead atoms. The zero-order valence-corrected chi connectivity index (χ0v) is 13.6. The van der Waals surface area contributed by atoms with E-state index in [1.165, 1.54) is 16.7 Å². The highest BCUT2D eigenvalue weighted by atomic mass is 16.3. The van der Waals surface area contributed by atoms with E-state index >= 15 is 0 Å². The first kappa shape index (κ1) is 13.9. The van der Waals surface area contributed by atoms with Crippen molar-refractivity contribution < 1.29 is 4.42 Å². The fourth-order valence-electron chi connectivity index (χ4n) is 3.08. The highest BCUT2D eigenvalue weighted by Gasteiger charge is 2.07. The summed E-state index contributed by atoms with van der Waals surface area (Å²) in [5.74, 6) is 0. The van der Waals surface area contributed by atoms with E-state index in [0.717, 1.165) is 33.3 Å². The molecule has 2 nitrogen and oxygen atoms in total. The third-order valence-corrected chi connectivity index (χ3v) is 4.59. The first-order valence-electron chi connectivity index (χ1n) is 7.88. The molecule has 2 heteroatoms. The zero-order chi connectivity index (χ0) is 16.0. The Labute approximate surface area is 135 Å². The number of aryl methyl sites for hydroxylation is 2. The Bertz CT molecular complexity index is 1000. The predicted octanol–water partition coefficient (Wildman–Crippen LogP) is 6.25. The van der Waals surface area contributed by atoms with E-state index in [1.54, 1.807) is 0 Å². The molecule has 1 heterocycles. The van der Waals surface area contributed by atoms with Gasteiger partial charge in [0.05, 0.1) is 0 Å². The standard InChI is InChI=1S/C21H19NO/c1-13-10-17(11-14(2)15(13)3)22-16-8-9-21-19(12-16)18-6-4-5-7-20(18)23-21/h4-12,22H,1-3H3. The van der Waals surface area contributed by atoms with Crippen LogP contribution in [-0.2, 0) is 0 Å². The second-order valence-electron chi connectivity index (χ2n) is 6.17. The Morgan fingerprint density at radius 2 is 1.39 bits per heavy atom. The van der Waals surface area contributed by atoms with Crippen molar-refractivity contribution in [2.45, 2.75) is 20.8 Å². The van der Waals surface area contributed by atoms with E-state index in [-0.39, 0.29) is 0 Å². The molecular formula is C21H19NO.